The maximum absolute atomic E-state index is 13.2. The van der Waals surface area contributed by atoms with Crippen LogP contribution in [0.1, 0.15) is 70.5 Å². The second-order valence-corrected chi connectivity index (χ2v) is 6.80. The molecule has 3 rings (SSSR count). The van der Waals surface area contributed by atoms with Crippen LogP contribution in [0.2, 0.25) is 0 Å². The Labute approximate surface area is 171 Å². The molecular weight excluding hydrogens is 408 g/mol. The van der Waals surface area contributed by atoms with Gasteiger partial charge in [-0.25, -0.2) is 9.13 Å². The highest BCUT2D eigenvalue weighted by atomic mass is 79.9. The van der Waals surface area contributed by atoms with Crippen molar-refractivity contribution in [2.75, 3.05) is 13.7 Å². The summed E-state index contributed by atoms with van der Waals surface area (Å²) in [7, 11) is 1.65. The summed E-state index contributed by atoms with van der Waals surface area (Å²) in [5.41, 5.74) is 2.06. The smallest absolute Gasteiger partial charge is 0.254 e. The number of benzene rings is 1. The van der Waals surface area contributed by atoms with Crippen LogP contribution in [0.25, 0.3) is 0 Å². The number of carbonyl (C=O) groups excluding carboxylic acids is 2. The third-order valence-electron chi connectivity index (χ3n) is 5.15. The van der Waals surface area contributed by atoms with Gasteiger partial charge in [0.15, 0.2) is 0 Å². The van der Waals surface area contributed by atoms with Crippen LogP contribution in [0, 0.1) is 6.92 Å². The summed E-state index contributed by atoms with van der Waals surface area (Å²) in [6, 6.07) is 7.12. The summed E-state index contributed by atoms with van der Waals surface area (Å²) < 4.78 is 9.21. The molecule has 1 aromatic heterocycles. The van der Waals surface area contributed by atoms with E-state index in [1.807, 2.05) is 28.2 Å². The Morgan fingerprint density at radius 2 is 1.70 bits per heavy atom. The Morgan fingerprint density at radius 1 is 1.04 bits per heavy atom. The Morgan fingerprint density at radius 3 is 2.33 bits per heavy atom. The summed E-state index contributed by atoms with van der Waals surface area (Å²) in [5.74, 6) is 0.824. The third-order valence-corrected chi connectivity index (χ3v) is 5.15. The molecular formula is C21H27BrN2O3. The number of rotatable bonds is 8. The van der Waals surface area contributed by atoms with E-state index in [9.17, 15) is 9.59 Å². The predicted molar refractivity (Wildman–Crippen MR) is 98.7 cm³/mol. The van der Waals surface area contributed by atoms with Gasteiger partial charge in [-0.3, -0.25) is 9.59 Å². The van der Waals surface area contributed by atoms with Gasteiger partial charge in [-0.15, -0.1) is 0 Å². The zero-order chi connectivity index (χ0) is 18.7. The van der Waals surface area contributed by atoms with Gasteiger partial charge in [-0.05, 0) is 12.8 Å². The minimum Gasteiger partial charge on any atom is -1.00 e. The van der Waals surface area contributed by atoms with Gasteiger partial charge in [0, 0.05) is 25.2 Å². The molecule has 0 unspecified atom stereocenters. The zero-order valence-corrected chi connectivity index (χ0v) is 17.8. The van der Waals surface area contributed by atoms with Crippen molar-refractivity contribution in [3.63, 3.8) is 0 Å². The molecule has 0 fully saturated rings. The molecule has 6 heteroatoms. The lowest BCUT2D eigenvalue weighted by Gasteiger charge is -2.12. The lowest BCUT2D eigenvalue weighted by Crippen LogP contribution is -3.00. The second kappa shape index (κ2) is 9.42. The molecule has 1 heterocycles. The number of carbonyl (C=O) groups is 2. The van der Waals surface area contributed by atoms with Crippen LogP contribution in [0.3, 0.4) is 0 Å². The molecule has 0 aliphatic heterocycles. The number of aromatic nitrogens is 2. The number of nitrogens with zero attached hydrogens (tertiary/aromatic N) is 2. The van der Waals surface area contributed by atoms with Gasteiger partial charge in [0.25, 0.3) is 5.82 Å². The van der Waals surface area contributed by atoms with Crippen molar-refractivity contribution in [3.05, 3.63) is 52.6 Å². The van der Waals surface area contributed by atoms with E-state index in [-0.39, 0.29) is 28.5 Å². The third kappa shape index (κ3) is 3.92. The first-order chi connectivity index (χ1) is 12.6. The highest BCUT2D eigenvalue weighted by Gasteiger charge is 2.42. The number of halogens is 1. The minimum absolute atomic E-state index is 0. The van der Waals surface area contributed by atoms with Gasteiger partial charge in [-0.2, -0.15) is 0 Å². The maximum atomic E-state index is 13.2. The summed E-state index contributed by atoms with van der Waals surface area (Å²) in [4.78, 5) is 26.3. The molecule has 1 aromatic carbocycles. The van der Waals surface area contributed by atoms with Gasteiger partial charge in [-0.1, -0.05) is 44.0 Å². The highest BCUT2D eigenvalue weighted by molar-refractivity contribution is 6.26. The van der Waals surface area contributed by atoms with E-state index in [1.165, 1.54) is 12.8 Å². The number of fused-ring (bicyclic) bond motifs is 2. The van der Waals surface area contributed by atoms with Crippen molar-refractivity contribution >= 4 is 11.6 Å². The van der Waals surface area contributed by atoms with E-state index in [2.05, 4.69) is 6.92 Å². The van der Waals surface area contributed by atoms with E-state index in [0.717, 1.165) is 25.2 Å². The average Bonchev–Trinajstić information content (AvgIpc) is 2.94. The number of ketones is 2. The molecule has 27 heavy (non-hydrogen) atoms. The molecule has 2 aromatic rings. The molecule has 5 nitrogen and oxygen atoms in total. The zero-order valence-electron chi connectivity index (χ0n) is 16.3. The summed E-state index contributed by atoms with van der Waals surface area (Å²) in [6.45, 7) is 5.99. The van der Waals surface area contributed by atoms with E-state index in [1.54, 1.807) is 19.2 Å². The van der Waals surface area contributed by atoms with Crippen LogP contribution in [-0.2, 0) is 17.8 Å². The SMILES string of the molecule is CCCCCC[n+]1c2c(n(CCOC)c1C)C(=O)c1ccccc1C2=O.[Br-]. The van der Waals surface area contributed by atoms with E-state index < -0.39 is 0 Å². The number of unbranched alkanes of at least 4 members (excludes halogenated alkanes) is 3. The maximum Gasteiger partial charge on any atom is 0.254 e. The lowest BCUT2D eigenvalue weighted by atomic mass is 9.90. The topological polar surface area (TPSA) is 52.2 Å². The van der Waals surface area contributed by atoms with E-state index in [0.29, 0.717) is 35.7 Å². The first-order valence-electron chi connectivity index (χ1n) is 9.42. The molecule has 0 atom stereocenters. The van der Waals surface area contributed by atoms with E-state index in [4.69, 9.17) is 4.74 Å². The van der Waals surface area contributed by atoms with E-state index >= 15 is 0 Å². The van der Waals surface area contributed by atoms with Gasteiger partial charge in [0.2, 0.25) is 23.0 Å². The first kappa shape index (κ1) is 21.5. The second-order valence-electron chi connectivity index (χ2n) is 6.80. The molecule has 0 saturated carbocycles. The summed E-state index contributed by atoms with van der Waals surface area (Å²) in [6.07, 6.45) is 4.48. The quantitative estimate of drug-likeness (QED) is 0.373. The monoisotopic (exact) mass is 434 g/mol. The predicted octanol–water partition coefficient (Wildman–Crippen LogP) is 0.0901. The Hall–Kier alpha value is -1.79. The molecule has 146 valence electrons. The van der Waals surface area contributed by atoms with Crippen molar-refractivity contribution in [1.29, 1.82) is 0 Å². The highest BCUT2D eigenvalue weighted by Crippen LogP contribution is 2.27. The van der Waals surface area contributed by atoms with Crippen molar-refractivity contribution in [1.82, 2.24) is 4.57 Å². The van der Waals surface area contributed by atoms with Gasteiger partial charge < -0.3 is 21.7 Å². The van der Waals surface area contributed by atoms with Gasteiger partial charge in [0.1, 0.15) is 6.54 Å². The molecule has 0 radical (unpaired) electrons. The molecule has 0 saturated heterocycles. The Bertz CT molecular complexity index is 842. The molecule has 0 spiro atoms. The molecule has 0 amide bonds. The Kier molecular flexibility index (Phi) is 7.50. The largest absolute Gasteiger partial charge is 1.00 e. The molecule has 0 bridgehead atoms. The first-order valence-corrected chi connectivity index (χ1v) is 9.42. The fourth-order valence-corrected chi connectivity index (χ4v) is 3.75. The number of imidazole rings is 1. The van der Waals surface area contributed by atoms with Crippen LogP contribution in [0.5, 0.6) is 0 Å². The molecule has 1 aliphatic carbocycles. The number of hydrogen-bond donors (Lipinski definition) is 0. The van der Waals surface area contributed by atoms with Crippen molar-refractivity contribution in [3.8, 4) is 0 Å². The van der Waals surface area contributed by atoms with Gasteiger partial charge >= 0.3 is 0 Å². The molecule has 1 aliphatic rings. The average molecular weight is 435 g/mol. The number of ether oxygens (including phenoxy) is 1. The van der Waals surface area contributed by atoms with Crippen LogP contribution in [-0.4, -0.2) is 29.9 Å². The summed E-state index contributed by atoms with van der Waals surface area (Å²) in [5, 5.41) is 0. The van der Waals surface area contributed by atoms with Crippen molar-refractivity contribution in [2.45, 2.75) is 52.6 Å². The van der Waals surface area contributed by atoms with Gasteiger partial charge in [0.05, 0.1) is 13.2 Å². The van der Waals surface area contributed by atoms with Crippen molar-refractivity contribution in [2.24, 2.45) is 0 Å². The van der Waals surface area contributed by atoms with Crippen LogP contribution in [0.15, 0.2) is 24.3 Å². The fraction of sp³-hybridized carbons (Fsp3) is 0.476. The number of hydrogen-bond acceptors (Lipinski definition) is 3. The van der Waals surface area contributed by atoms with Crippen LogP contribution < -0.4 is 21.5 Å². The standard InChI is InChI=1S/C21H27N2O3.BrH/c1-4-5-6-9-12-22-15(2)23(13-14-26-3)19-18(22)20(24)16-10-7-8-11-17(16)21(19)25;/h7-8,10-11H,4-6,9,12-14H2,1-3H3;1H/q+1;/p-1. The van der Waals surface area contributed by atoms with Crippen LogP contribution >= 0.6 is 0 Å². The normalized spacial score (nSPS) is 12.6. The minimum atomic E-state index is -0.0679. The molecule has 0 N–H and O–H groups in total. The summed E-state index contributed by atoms with van der Waals surface area (Å²) >= 11 is 0. The Balaban J connectivity index is 0.00000261. The number of methoxy groups -OCH3 is 1. The fourth-order valence-electron chi connectivity index (χ4n) is 3.75. The van der Waals surface area contributed by atoms with Crippen molar-refractivity contribution < 1.29 is 35.9 Å². The lowest BCUT2D eigenvalue weighted by molar-refractivity contribution is -0.704. The van der Waals surface area contributed by atoms with Crippen LogP contribution in [0.4, 0.5) is 0 Å².